The monoisotopic (exact) mass is 480 g/mol. The van der Waals surface area contributed by atoms with Crippen LogP contribution in [0.4, 0.5) is 15.9 Å². The molecule has 0 aliphatic heterocycles. The van der Waals surface area contributed by atoms with Crippen LogP contribution in [0.2, 0.25) is 0 Å². The Morgan fingerprint density at radius 1 is 1.10 bits per heavy atom. The summed E-state index contributed by atoms with van der Waals surface area (Å²) < 4.78 is 19.6. The van der Waals surface area contributed by atoms with Crippen molar-refractivity contribution >= 4 is 38.3 Å². The van der Waals surface area contributed by atoms with Crippen LogP contribution in [-0.2, 0) is 6.54 Å². The fraction of sp³-hybridized carbons (Fsp3) is 0.167. The van der Waals surface area contributed by atoms with Gasteiger partial charge >= 0.3 is 0 Å². The summed E-state index contributed by atoms with van der Waals surface area (Å²) in [6.45, 7) is 2.64. The second kappa shape index (κ2) is 8.51. The van der Waals surface area contributed by atoms with Crippen molar-refractivity contribution in [1.29, 1.82) is 0 Å². The van der Waals surface area contributed by atoms with Crippen LogP contribution in [0.5, 0.6) is 5.75 Å². The first kappa shape index (κ1) is 21.1. The van der Waals surface area contributed by atoms with Crippen molar-refractivity contribution in [2.24, 2.45) is 0 Å². The molecule has 0 saturated carbocycles. The van der Waals surface area contributed by atoms with E-state index in [1.165, 1.54) is 6.07 Å². The Morgan fingerprint density at radius 2 is 1.84 bits per heavy atom. The number of pyridine rings is 2. The van der Waals surface area contributed by atoms with Gasteiger partial charge in [-0.3, -0.25) is 4.98 Å². The van der Waals surface area contributed by atoms with Crippen LogP contribution >= 0.6 is 15.9 Å². The average molecular weight is 481 g/mol. The summed E-state index contributed by atoms with van der Waals surface area (Å²) in [4.78, 5) is 11.5. The van der Waals surface area contributed by atoms with Gasteiger partial charge in [0.05, 0.1) is 18.3 Å². The minimum atomic E-state index is -0.451. The highest BCUT2D eigenvalue weighted by molar-refractivity contribution is 9.10. The number of hydrogen-bond acceptors (Lipinski definition) is 5. The summed E-state index contributed by atoms with van der Waals surface area (Å²) in [5, 5.41) is 0.900. The Hall–Kier alpha value is -3.19. The van der Waals surface area contributed by atoms with Crippen LogP contribution in [0.1, 0.15) is 11.3 Å². The molecule has 5 nitrogen and oxygen atoms in total. The number of rotatable bonds is 5. The Labute approximate surface area is 188 Å². The molecule has 0 amide bonds. The van der Waals surface area contributed by atoms with Crippen LogP contribution < -0.4 is 15.4 Å². The Morgan fingerprint density at radius 3 is 2.55 bits per heavy atom. The van der Waals surface area contributed by atoms with E-state index in [4.69, 9.17) is 15.5 Å². The maximum atomic E-state index is 13.8. The number of methoxy groups -OCH3 is 1. The molecule has 4 rings (SSSR count). The standard InChI is InChI=1S/C24H22BrFN4O/c1-14-18(19-9-22(27)21(26)10-20(19)25)8-16-12-28-24(11-23(16)29-14)30(2)13-15-4-6-17(31-3)7-5-15/h4-12H,13,27H2,1-3H3. The molecule has 158 valence electrons. The number of fused-ring (bicyclic) bond motifs is 1. The van der Waals surface area contributed by atoms with Crippen LogP contribution in [0.25, 0.3) is 22.0 Å². The fourth-order valence-electron chi connectivity index (χ4n) is 3.49. The van der Waals surface area contributed by atoms with E-state index in [1.54, 1.807) is 13.2 Å². The molecule has 2 N–H and O–H groups in total. The summed E-state index contributed by atoms with van der Waals surface area (Å²) in [5.41, 5.74) is 10.4. The van der Waals surface area contributed by atoms with Gasteiger partial charge in [0, 0.05) is 47.0 Å². The third kappa shape index (κ3) is 4.32. The van der Waals surface area contributed by atoms with E-state index in [0.29, 0.717) is 11.0 Å². The number of ether oxygens (including phenoxy) is 1. The molecule has 0 spiro atoms. The average Bonchev–Trinajstić information content (AvgIpc) is 2.76. The molecule has 4 aromatic rings. The summed E-state index contributed by atoms with van der Waals surface area (Å²) >= 11 is 3.43. The molecule has 0 saturated heterocycles. The first-order valence-corrected chi connectivity index (χ1v) is 10.5. The summed E-state index contributed by atoms with van der Waals surface area (Å²) in [7, 11) is 3.66. The van der Waals surface area contributed by atoms with Crippen LogP contribution in [-0.4, -0.2) is 24.1 Å². The van der Waals surface area contributed by atoms with E-state index in [0.717, 1.165) is 44.9 Å². The normalized spacial score (nSPS) is 11.0. The van der Waals surface area contributed by atoms with E-state index < -0.39 is 5.82 Å². The first-order chi connectivity index (χ1) is 14.9. The van der Waals surface area contributed by atoms with Gasteiger partial charge in [-0.15, -0.1) is 0 Å². The van der Waals surface area contributed by atoms with Gasteiger partial charge < -0.3 is 15.4 Å². The summed E-state index contributed by atoms with van der Waals surface area (Å²) in [6.07, 6.45) is 1.81. The van der Waals surface area contributed by atoms with Crippen molar-refractivity contribution in [3.05, 3.63) is 76.3 Å². The molecular formula is C24H22BrFN4O. The van der Waals surface area contributed by atoms with Gasteiger partial charge in [-0.2, -0.15) is 0 Å². The van der Waals surface area contributed by atoms with E-state index >= 15 is 0 Å². The third-order valence-electron chi connectivity index (χ3n) is 5.22. The number of aryl methyl sites for hydroxylation is 1. The van der Waals surface area contributed by atoms with Crippen LogP contribution in [0.3, 0.4) is 0 Å². The molecule has 0 aliphatic carbocycles. The largest absolute Gasteiger partial charge is 0.497 e. The maximum Gasteiger partial charge on any atom is 0.147 e. The van der Waals surface area contributed by atoms with Gasteiger partial charge in [-0.25, -0.2) is 9.37 Å². The number of nitrogens with two attached hydrogens (primary N) is 1. The van der Waals surface area contributed by atoms with Crippen LogP contribution in [0, 0.1) is 12.7 Å². The number of aromatic nitrogens is 2. The molecule has 2 aromatic carbocycles. The number of anilines is 2. The second-order valence-corrected chi connectivity index (χ2v) is 8.27. The highest BCUT2D eigenvalue weighted by Gasteiger charge is 2.13. The number of nitrogens with zero attached hydrogens (tertiary/aromatic N) is 3. The first-order valence-electron chi connectivity index (χ1n) is 9.72. The SMILES string of the molecule is COc1ccc(CN(C)c2cc3nc(C)c(-c4cc(N)c(F)cc4Br)cc3cn2)cc1. The number of benzene rings is 2. The van der Waals surface area contributed by atoms with Crippen molar-refractivity contribution in [2.75, 3.05) is 24.8 Å². The smallest absolute Gasteiger partial charge is 0.147 e. The molecule has 0 aliphatic rings. The molecule has 2 aromatic heterocycles. The van der Waals surface area contributed by atoms with Crippen molar-refractivity contribution < 1.29 is 9.13 Å². The molecule has 2 heterocycles. The zero-order chi connectivity index (χ0) is 22.1. The molecule has 7 heteroatoms. The lowest BCUT2D eigenvalue weighted by molar-refractivity contribution is 0.414. The summed E-state index contributed by atoms with van der Waals surface area (Å²) in [6, 6.07) is 15.0. The lowest BCUT2D eigenvalue weighted by Crippen LogP contribution is -2.17. The zero-order valence-corrected chi connectivity index (χ0v) is 19.1. The van der Waals surface area contributed by atoms with Crippen molar-refractivity contribution in [3.8, 4) is 16.9 Å². The Kier molecular flexibility index (Phi) is 5.78. The Bertz CT molecular complexity index is 1260. The van der Waals surface area contributed by atoms with Gasteiger partial charge in [-0.05, 0) is 48.4 Å². The molecule has 0 fully saturated rings. The van der Waals surface area contributed by atoms with Crippen molar-refractivity contribution in [3.63, 3.8) is 0 Å². The number of hydrogen-bond donors (Lipinski definition) is 1. The number of halogens is 2. The highest BCUT2D eigenvalue weighted by Crippen LogP contribution is 2.35. The molecule has 0 atom stereocenters. The molecular weight excluding hydrogens is 459 g/mol. The minimum Gasteiger partial charge on any atom is -0.497 e. The van der Waals surface area contributed by atoms with Gasteiger partial charge in [0.2, 0.25) is 0 Å². The molecule has 0 unspecified atom stereocenters. The molecule has 0 radical (unpaired) electrons. The van der Waals surface area contributed by atoms with Gasteiger partial charge in [0.15, 0.2) is 0 Å². The lowest BCUT2D eigenvalue weighted by Gasteiger charge is -2.19. The third-order valence-corrected chi connectivity index (χ3v) is 5.88. The van der Waals surface area contributed by atoms with Crippen LogP contribution in [0.15, 0.2) is 59.2 Å². The predicted octanol–water partition coefficient (Wildman–Crippen LogP) is 5.73. The summed E-state index contributed by atoms with van der Waals surface area (Å²) in [5.74, 6) is 1.21. The van der Waals surface area contributed by atoms with E-state index in [2.05, 4.69) is 25.8 Å². The molecule has 0 bridgehead atoms. The quantitative estimate of drug-likeness (QED) is 0.369. The zero-order valence-electron chi connectivity index (χ0n) is 17.5. The van der Waals surface area contributed by atoms with E-state index in [1.807, 2.05) is 56.6 Å². The highest BCUT2D eigenvalue weighted by atomic mass is 79.9. The van der Waals surface area contributed by atoms with E-state index in [-0.39, 0.29) is 5.69 Å². The maximum absolute atomic E-state index is 13.8. The lowest BCUT2D eigenvalue weighted by atomic mass is 10.0. The predicted molar refractivity (Wildman–Crippen MR) is 127 cm³/mol. The van der Waals surface area contributed by atoms with Gasteiger partial charge in [0.1, 0.15) is 17.4 Å². The van der Waals surface area contributed by atoms with Gasteiger partial charge in [-0.1, -0.05) is 28.1 Å². The van der Waals surface area contributed by atoms with Gasteiger partial charge in [0.25, 0.3) is 0 Å². The second-order valence-electron chi connectivity index (χ2n) is 7.41. The fourth-order valence-corrected chi connectivity index (χ4v) is 4.02. The van der Waals surface area contributed by atoms with Crippen molar-refractivity contribution in [1.82, 2.24) is 9.97 Å². The number of nitrogen functional groups attached to an aromatic ring is 1. The van der Waals surface area contributed by atoms with E-state index in [9.17, 15) is 4.39 Å². The van der Waals surface area contributed by atoms with Crippen molar-refractivity contribution in [2.45, 2.75) is 13.5 Å². The minimum absolute atomic E-state index is 0.103. The topological polar surface area (TPSA) is 64.3 Å². The Balaban J connectivity index is 1.65. The molecule has 31 heavy (non-hydrogen) atoms.